The molecule has 0 aliphatic heterocycles. The molecule has 58 valence electrons. The summed E-state index contributed by atoms with van der Waals surface area (Å²) in [6, 6.07) is 0. The summed E-state index contributed by atoms with van der Waals surface area (Å²) in [6.45, 7) is 0. The number of fused-ring (bicyclic) bond motifs is 1. The summed E-state index contributed by atoms with van der Waals surface area (Å²) in [5.41, 5.74) is 0. The van der Waals surface area contributed by atoms with Gasteiger partial charge in [0.05, 0.1) is 6.10 Å². The fourth-order valence-corrected chi connectivity index (χ4v) is 2.73. The second-order valence-electron chi connectivity index (χ2n) is 3.85. The highest BCUT2D eigenvalue weighted by Crippen LogP contribution is 2.41. The van der Waals surface area contributed by atoms with Crippen LogP contribution in [-0.4, -0.2) is 11.2 Å². The molecule has 0 saturated heterocycles. The van der Waals surface area contributed by atoms with Crippen LogP contribution in [0.15, 0.2) is 0 Å². The van der Waals surface area contributed by atoms with Crippen LogP contribution in [0.3, 0.4) is 0 Å². The van der Waals surface area contributed by atoms with E-state index in [1.165, 1.54) is 32.1 Å². The maximum Gasteiger partial charge on any atom is 0.0571 e. The minimum absolute atomic E-state index is 0.0567. The molecule has 2 fully saturated rings. The largest absolute Gasteiger partial charge is 0.393 e. The van der Waals surface area contributed by atoms with Crippen molar-refractivity contribution in [2.24, 2.45) is 11.8 Å². The Morgan fingerprint density at radius 1 is 0.900 bits per heavy atom. The van der Waals surface area contributed by atoms with E-state index in [9.17, 15) is 5.11 Å². The van der Waals surface area contributed by atoms with Crippen molar-refractivity contribution in [3.05, 3.63) is 0 Å². The van der Waals surface area contributed by atoms with Gasteiger partial charge in [0.2, 0.25) is 0 Å². The summed E-state index contributed by atoms with van der Waals surface area (Å²) in [4.78, 5) is 0. The van der Waals surface area contributed by atoms with E-state index in [-0.39, 0.29) is 6.10 Å². The number of aliphatic hydroxyl groups is 1. The van der Waals surface area contributed by atoms with Crippen LogP contribution in [0.5, 0.6) is 0 Å². The topological polar surface area (TPSA) is 20.2 Å². The van der Waals surface area contributed by atoms with Gasteiger partial charge >= 0.3 is 0 Å². The minimum Gasteiger partial charge on any atom is -0.393 e. The molecule has 0 heterocycles. The first-order valence-electron chi connectivity index (χ1n) is 4.56. The molecule has 0 unspecified atom stereocenters. The van der Waals surface area contributed by atoms with Crippen LogP contribution in [0.4, 0.5) is 0 Å². The quantitative estimate of drug-likeness (QED) is 0.545. The molecular weight excluding hydrogens is 124 g/mol. The predicted octanol–water partition coefficient (Wildman–Crippen LogP) is 1.95. The van der Waals surface area contributed by atoms with E-state index >= 15 is 0 Å². The monoisotopic (exact) mass is 140 g/mol. The Bertz CT molecular complexity index is 122. The molecule has 0 aromatic carbocycles. The molecule has 0 amide bonds. The van der Waals surface area contributed by atoms with Gasteiger partial charge < -0.3 is 5.11 Å². The lowest BCUT2D eigenvalue weighted by Gasteiger charge is -2.29. The number of aliphatic hydroxyl groups excluding tert-OH is 1. The Hall–Kier alpha value is -0.0400. The van der Waals surface area contributed by atoms with Crippen molar-refractivity contribution in [2.45, 2.75) is 44.6 Å². The Morgan fingerprint density at radius 2 is 1.60 bits per heavy atom. The van der Waals surface area contributed by atoms with E-state index in [1.54, 1.807) is 0 Å². The standard InChI is InChI=1S/C9H16O/c10-9-6-2-4-7-3-1-5-8(7)9/h7-10H,1-6H2/t7-,8+,9+/m1/s1. The Kier molecular flexibility index (Phi) is 1.69. The van der Waals surface area contributed by atoms with Gasteiger partial charge in [-0.3, -0.25) is 0 Å². The molecule has 0 spiro atoms. The third kappa shape index (κ3) is 0.968. The number of hydrogen-bond donors (Lipinski definition) is 1. The summed E-state index contributed by atoms with van der Waals surface area (Å²) in [5, 5.41) is 9.58. The van der Waals surface area contributed by atoms with E-state index in [2.05, 4.69) is 0 Å². The fraction of sp³-hybridized carbons (Fsp3) is 1.00. The molecule has 0 radical (unpaired) electrons. The zero-order valence-electron chi connectivity index (χ0n) is 6.42. The van der Waals surface area contributed by atoms with Crippen molar-refractivity contribution in [3.8, 4) is 0 Å². The fourth-order valence-electron chi connectivity index (χ4n) is 2.73. The van der Waals surface area contributed by atoms with Crippen molar-refractivity contribution < 1.29 is 5.11 Å². The second-order valence-corrected chi connectivity index (χ2v) is 3.85. The molecule has 2 rings (SSSR count). The maximum atomic E-state index is 9.58. The van der Waals surface area contributed by atoms with Gasteiger partial charge in [-0.15, -0.1) is 0 Å². The van der Waals surface area contributed by atoms with Crippen molar-refractivity contribution in [2.75, 3.05) is 0 Å². The lowest BCUT2D eigenvalue weighted by atomic mass is 9.80. The van der Waals surface area contributed by atoms with Crippen LogP contribution in [0.2, 0.25) is 0 Å². The molecule has 1 nitrogen and oxygen atoms in total. The highest BCUT2D eigenvalue weighted by Gasteiger charge is 2.35. The average molecular weight is 140 g/mol. The first kappa shape index (κ1) is 6.66. The van der Waals surface area contributed by atoms with Gasteiger partial charge in [-0.25, -0.2) is 0 Å². The molecule has 10 heavy (non-hydrogen) atoms. The predicted molar refractivity (Wildman–Crippen MR) is 40.7 cm³/mol. The molecule has 0 aromatic heterocycles. The van der Waals surface area contributed by atoms with Crippen LogP contribution in [0, 0.1) is 11.8 Å². The SMILES string of the molecule is O[C@H]1CCC[C@H]2CCC[C@@H]21. The van der Waals surface area contributed by atoms with Crippen LogP contribution >= 0.6 is 0 Å². The van der Waals surface area contributed by atoms with Gasteiger partial charge in [0.25, 0.3) is 0 Å². The third-order valence-corrected chi connectivity index (χ3v) is 3.29. The van der Waals surface area contributed by atoms with Crippen molar-refractivity contribution in [1.29, 1.82) is 0 Å². The van der Waals surface area contributed by atoms with Crippen LogP contribution in [0.25, 0.3) is 0 Å². The van der Waals surface area contributed by atoms with Crippen molar-refractivity contribution in [1.82, 2.24) is 0 Å². The summed E-state index contributed by atoms with van der Waals surface area (Å²) < 4.78 is 0. The zero-order chi connectivity index (χ0) is 6.97. The molecule has 1 heteroatoms. The number of hydrogen-bond acceptors (Lipinski definition) is 1. The summed E-state index contributed by atoms with van der Waals surface area (Å²) >= 11 is 0. The molecule has 0 aromatic rings. The molecule has 1 N–H and O–H groups in total. The van der Waals surface area contributed by atoms with E-state index in [0.717, 1.165) is 12.3 Å². The smallest absolute Gasteiger partial charge is 0.0571 e. The van der Waals surface area contributed by atoms with Crippen molar-refractivity contribution in [3.63, 3.8) is 0 Å². The lowest BCUT2D eigenvalue weighted by Crippen LogP contribution is -2.28. The Morgan fingerprint density at radius 3 is 2.30 bits per heavy atom. The molecule has 3 atom stereocenters. The van der Waals surface area contributed by atoms with E-state index in [1.807, 2.05) is 0 Å². The molecular formula is C9H16O. The van der Waals surface area contributed by atoms with Gasteiger partial charge in [-0.05, 0) is 31.1 Å². The maximum absolute atomic E-state index is 9.58. The molecule has 2 aliphatic carbocycles. The Labute approximate surface area is 62.4 Å². The van der Waals surface area contributed by atoms with Crippen molar-refractivity contribution >= 4 is 0 Å². The first-order valence-corrected chi connectivity index (χ1v) is 4.56. The van der Waals surface area contributed by atoms with Crippen LogP contribution in [-0.2, 0) is 0 Å². The van der Waals surface area contributed by atoms with Gasteiger partial charge in [0, 0.05) is 0 Å². The highest BCUT2D eigenvalue weighted by molar-refractivity contribution is 4.86. The van der Waals surface area contributed by atoms with Gasteiger partial charge in [-0.1, -0.05) is 19.3 Å². The summed E-state index contributed by atoms with van der Waals surface area (Å²) in [6.07, 6.45) is 7.84. The normalized spacial score (nSPS) is 47.1. The van der Waals surface area contributed by atoms with Crippen LogP contribution < -0.4 is 0 Å². The zero-order valence-corrected chi connectivity index (χ0v) is 6.42. The number of rotatable bonds is 0. The van der Waals surface area contributed by atoms with E-state index in [0.29, 0.717) is 5.92 Å². The van der Waals surface area contributed by atoms with Gasteiger partial charge in [0.15, 0.2) is 0 Å². The van der Waals surface area contributed by atoms with Gasteiger partial charge in [0.1, 0.15) is 0 Å². The Balaban J connectivity index is 2.03. The summed E-state index contributed by atoms with van der Waals surface area (Å²) in [7, 11) is 0. The molecule has 2 aliphatic rings. The minimum atomic E-state index is 0.0567. The first-order chi connectivity index (χ1) is 4.88. The third-order valence-electron chi connectivity index (χ3n) is 3.29. The van der Waals surface area contributed by atoms with E-state index in [4.69, 9.17) is 0 Å². The average Bonchev–Trinajstić information content (AvgIpc) is 2.36. The van der Waals surface area contributed by atoms with Crippen LogP contribution in [0.1, 0.15) is 38.5 Å². The van der Waals surface area contributed by atoms with E-state index < -0.39 is 0 Å². The highest BCUT2D eigenvalue weighted by atomic mass is 16.3. The van der Waals surface area contributed by atoms with Gasteiger partial charge in [-0.2, -0.15) is 0 Å². The molecule has 0 bridgehead atoms. The molecule has 2 saturated carbocycles. The lowest BCUT2D eigenvalue weighted by molar-refractivity contribution is 0.0477. The summed E-state index contributed by atoms with van der Waals surface area (Å²) in [5.74, 6) is 1.58. The second kappa shape index (κ2) is 2.54.